The molecule has 2 N–H and O–H groups in total. The highest BCUT2D eigenvalue weighted by Crippen LogP contribution is 2.44. The number of thioether (sulfide) groups is 1. The molecule has 0 aliphatic carbocycles. The van der Waals surface area contributed by atoms with Crippen LogP contribution in [-0.2, 0) is 6.18 Å². The molecule has 0 unspecified atom stereocenters. The fourth-order valence-electron chi connectivity index (χ4n) is 1.83. The molecule has 1 aromatic carbocycles. The van der Waals surface area contributed by atoms with Crippen LogP contribution in [0, 0.1) is 0 Å². The van der Waals surface area contributed by atoms with E-state index in [1.807, 2.05) is 0 Å². The Bertz CT molecular complexity index is 810. The third-order valence-electron chi connectivity index (χ3n) is 2.79. The summed E-state index contributed by atoms with van der Waals surface area (Å²) in [5.41, 5.74) is -1.42. The summed E-state index contributed by atoms with van der Waals surface area (Å²) in [7, 11) is 0. The quantitative estimate of drug-likeness (QED) is 0.418. The van der Waals surface area contributed by atoms with E-state index >= 15 is 0 Å². The molecule has 2 rings (SSSR count). The second kappa shape index (κ2) is 6.61. The Balaban J connectivity index is 2.66. The van der Waals surface area contributed by atoms with Crippen molar-refractivity contribution in [2.45, 2.75) is 16.6 Å². The van der Waals surface area contributed by atoms with Crippen molar-refractivity contribution in [3.05, 3.63) is 33.4 Å². The highest BCUT2D eigenvalue weighted by molar-refractivity contribution is 8.00. The zero-order valence-electron chi connectivity index (χ0n) is 11.5. The molecule has 13 heteroatoms. The average Bonchev–Trinajstić information content (AvgIpc) is 2.73. The van der Waals surface area contributed by atoms with Crippen LogP contribution in [-0.4, -0.2) is 21.6 Å². The van der Waals surface area contributed by atoms with Gasteiger partial charge in [0.25, 0.3) is 0 Å². The number of nitrogens with zero attached hydrogens (tertiary/aromatic N) is 2. The Morgan fingerprint density at radius 3 is 2.04 bits per heavy atom. The third-order valence-corrected chi connectivity index (χ3v) is 4.22. The SMILES string of the molecule is Nc1c(SC(F)(F)F)c(C=O)nn1-c1c(Cl)cc(C(F)(F)F)cc1Cl. The molecule has 25 heavy (non-hydrogen) atoms. The second-order valence-corrected chi connectivity index (χ2v) is 6.35. The van der Waals surface area contributed by atoms with Gasteiger partial charge in [0.2, 0.25) is 0 Å². The first-order valence-electron chi connectivity index (χ1n) is 6.01. The number of benzene rings is 1. The zero-order chi connectivity index (χ0) is 19.2. The number of nitrogens with two attached hydrogens (primary N) is 1. The van der Waals surface area contributed by atoms with Crippen molar-refractivity contribution in [2.24, 2.45) is 0 Å². The summed E-state index contributed by atoms with van der Waals surface area (Å²) in [5.74, 6) is -0.645. The van der Waals surface area contributed by atoms with Gasteiger partial charge in [-0.25, -0.2) is 4.68 Å². The highest BCUT2D eigenvalue weighted by Gasteiger charge is 2.35. The second-order valence-electron chi connectivity index (χ2n) is 4.46. The number of alkyl halides is 6. The van der Waals surface area contributed by atoms with Crippen LogP contribution < -0.4 is 5.73 Å². The van der Waals surface area contributed by atoms with E-state index in [0.29, 0.717) is 16.8 Å². The summed E-state index contributed by atoms with van der Waals surface area (Å²) >= 11 is 10.8. The van der Waals surface area contributed by atoms with E-state index in [1.165, 1.54) is 0 Å². The molecule has 0 bridgehead atoms. The van der Waals surface area contributed by atoms with Gasteiger partial charge in [0.05, 0.1) is 20.5 Å². The lowest BCUT2D eigenvalue weighted by Gasteiger charge is -2.13. The molecule has 4 nitrogen and oxygen atoms in total. The van der Waals surface area contributed by atoms with Gasteiger partial charge in [0.1, 0.15) is 17.2 Å². The maximum absolute atomic E-state index is 12.7. The number of rotatable bonds is 3. The zero-order valence-corrected chi connectivity index (χ0v) is 13.9. The van der Waals surface area contributed by atoms with Crippen molar-refractivity contribution in [3.8, 4) is 5.69 Å². The van der Waals surface area contributed by atoms with Crippen LogP contribution in [0.4, 0.5) is 32.2 Å². The molecule has 0 amide bonds. The topological polar surface area (TPSA) is 60.9 Å². The van der Waals surface area contributed by atoms with Gasteiger partial charge in [-0.2, -0.15) is 31.4 Å². The van der Waals surface area contributed by atoms with Gasteiger partial charge in [0.15, 0.2) is 6.29 Å². The van der Waals surface area contributed by atoms with Gasteiger partial charge in [0, 0.05) is 0 Å². The summed E-state index contributed by atoms with van der Waals surface area (Å²) < 4.78 is 76.5. The summed E-state index contributed by atoms with van der Waals surface area (Å²) in [4.78, 5) is 10.2. The largest absolute Gasteiger partial charge is 0.446 e. The molecule has 0 radical (unpaired) electrons. The molecule has 0 spiro atoms. The van der Waals surface area contributed by atoms with Crippen molar-refractivity contribution in [1.82, 2.24) is 9.78 Å². The Labute approximate surface area is 149 Å². The number of anilines is 1. The standard InChI is InChI=1S/C12H5Cl2F6N3OS/c13-5-1-4(11(15,16)17)2-6(14)8(5)23-10(21)9(7(3-24)22-23)25-12(18,19)20/h1-3H,21H2. The molecule has 0 fully saturated rings. The molecule has 136 valence electrons. The van der Waals surface area contributed by atoms with Crippen LogP contribution in [0.2, 0.25) is 10.0 Å². The lowest BCUT2D eigenvalue weighted by atomic mass is 10.2. The minimum absolute atomic E-state index is 0.0207. The van der Waals surface area contributed by atoms with E-state index in [2.05, 4.69) is 5.10 Å². The Kier molecular flexibility index (Phi) is 5.22. The highest BCUT2D eigenvalue weighted by atomic mass is 35.5. The minimum Gasteiger partial charge on any atom is -0.383 e. The number of nitrogen functional groups attached to an aromatic ring is 1. The van der Waals surface area contributed by atoms with Gasteiger partial charge < -0.3 is 5.73 Å². The number of carbonyl (C=O) groups is 1. The number of aldehydes is 1. The smallest absolute Gasteiger partial charge is 0.383 e. The monoisotopic (exact) mass is 423 g/mol. The van der Waals surface area contributed by atoms with E-state index in [4.69, 9.17) is 28.9 Å². The van der Waals surface area contributed by atoms with Crippen LogP contribution >= 0.6 is 35.0 Å². The van der Waals surface area contributed by atoms with E-state index in [1.54, 1.807) is 0 Å². The normalized spacial score (nSPS) is 12.5. The lowest BCUT2D eigenvalue weighted by Crippen LogP contribution is -2.09. The van der Waals surface area contributed by atoms with Crippen LogP contribution in [0.15, 0.2) is 17.0 Å². The summed E-state index contributed by atoms with van der Waals surface area (Å²) in [6.45, 7) is 0. The van der Waals surface area contributed by atoms with Crippen LogP contribution in [0.3, 0.4) is 0 Å². The van der Waals surface area contributed by atoms with Crippen molar-refractivity contribution in [3.63, 3.8) is 0 Å². The predicted molar refractivity (Wildman–Crippen MR) is 80.3 cm³/mol. The van der Waals surface area contributed by atoms with E-state index in [0.717, 1.165) is 0 Å². The van der Waals surface area contributed by atoms with Crippen molar-refractivity contribution < 1.29 is 31.1 Å². The van der Waals surface area contributed by atoms with Gasteiger partial charge in [-0.05, 0) is 23.9 Å². The first-order chi connectivity index (χ1) is 11.3. The number of aromatic nitrogens is 2. The van der Waals surface area contributed by atoms with Gasteiger partial charge >= 0.3 is 11.7 Å². The van der Waals surface area contributed by atoms with Crippen LogP contribution in [0.5, 0.6) is 0 Å². The molecule has 0 atom stereocenters. The Morgan fingerprint density at radius 1 is 1.12 bits per heavy atom. The minimum atomic E-state index is -4.77. The first kappa shape index (κ1) is 19.7. The van der Waals surface area contributed by atoms with E-state index in [-0.39, 0.29) is 12.0 Å². The molecule has 0 aliphatic rings. The van der Waals surface area contributed by atoms with Crippen molar-refractivity contribution in [1.29, 1.82) is 0 Å². The predicted octanol–water partition coefficient (Wildman–Crippen LogP) is 5.20. The number of hydrogen-bond acceptors (Lipinski definition) is 4. The lowest BCUT2D eigenvalue weighted by molar-refractivity contribution is -0.137. The summed E-state index contributed by atoms with van der Waals surface area (Å²) in [5, 5.41) is 2.43. The maximum atomic E-state index is 12.7. The Morgan fingerprint density at radius 2 is 1.64 bits per heavy atom. The first-order valence-corrected chi connectivity index (χ1v) is 7.58. The third kappa shape index (κ3) is 4.15. The van der Waals surface area contributed by atoms with Gasteiger partial charge in [-0.15, -0.1) is 0 Å². The molecule has 1 aromatic heterocycles. The molecule has 2 aromatic rings. The van der Waals surface area contributed by atoms with Crippen LogP contribution in [0.1, 0.15) is 16.1 Å². The fourth-order valence-corrected chi connectivity index (χ4v) is 3.10. The molecular weight excluding hydrogens is 419 g/mol. The molecule has 0 aliphatic heterocycles. The van der Waals surface area contributed by atoms with Gasteiger partial charge in [-0.3, -0.25) is 4.79 Å². The summed E-state index contributed by atoms with van der Waals surface area (Å²) in [6.07, 6.45) is -4.72. The average molecular weight is 424 g/mol. The number of carbonyl (C=O) groups excluding carboxylic acids is 1. The molecule has 0 saturated heterocycles. The van der Waals surface area contributed by atoms with E-state index in [9.17, 15) is 31.1 Å². The van der Waals surface area contributed by atoms with E-state index < -0.39 is 55.5 Å². The molecule has 1 heterocycles. The van der Waals surface area contributed by atoms with Crippen LogP contribution in [0.25, 0.3) is 5.69 Å². The number of hydrogen-bond donors (Lipinski definition) is 1. The van der Waals surface area contributed by atoms with Gasteiger partial charge in [-0.1, -0.05) is 23.2 Å². The maximum Gasteiger partial charge on any atom is 0.446 e. The van der Waals surface area contributed by atoms with Crippen molar-refractivity contribution >= 4 is 47.1 Å². The molecular formula is C12H5Cl2F6N3OS. The molecule has 0 saturated carbocycles. The number of halogens is 8. The summed E-state index contributed by atoms with van der Waals surface area (Å²) in [6, 6.07) is 1.03. The fraction of sp³-hybridized carbons (Fsp3) is 0.167. The van der Waals surface area contributed by atoms with Crippen molar-refractivity contribution in [2.75, 3.05) is 5.73 Å². The Hall–Kier alpha value is -1.59.